The summed E-state index contributed by atoms with van der Waals surface area (Å²) in [6, 6.07) is 22.1. The van der Waals surface area contributed by atoms with Crippen molar-refractivity contribution in [1.82, 2.24) is 0 Å². The zero-order valence-corrected chi connectivity index (χ0v) is 17.8. The largest absolute Gasteiger partial charge is 0.507 e. The Hall–Kier alpha value is -4.06. The number of amides is 1. The van der Waals surface area contributed by atoms with Crippen molar-refractivity contribution in [3.05, 3.63) is 95.6 Å². The van der Waals surface area contributed by atoms with E-state index in [1.807, 2.05) is 13.0 Å². The van der Waals surface area contributed by atoms with Gasteiger partial charge in [-0.15, -0.1) is 0 Å². The number of benzene rings is 3. The first-order valence-electron chi connectivity index (χ1n) is 10.3. The van der Waals surface area contributed by atoms with Crippen molar-refractivity contribution in [2.75, 3.05) is 18.6 Å². The molecule has 0 radical (unpaired) electrons. The number of aliphatic hydroxyl groups is 1. The highest BCUT2D eigenvalue weighted by atomic mass is 16.5. The molecule has 0 saturated carbocycles. The summed E-state index contributed by atoms with van der Waals surface area (Å²) in [5.41, 5.74) is 1.59. The third-order valence-corrected chi connectivity index (χ3v) is 5.35. The number of Topliss-reactive ketones (excluding diaryl/α,β-unsaturated/α-hetero) is 1. The van der Waals surface area contributed by atoms with Crippen LogP contribution in [0.25, 0.3) is 5.76 Å². The maximum atomic E-state index is 13.2. The number of carbonyl (C=O) groups is 2. The first-order chi connectivity index (χ1) is 15.6. The first kappa shape index (κ1) is 21.2. The second-order valence-corrected chi connectivity index (χ2v) is 7.21. The second-order valence-electron chi connectivity index (χ2n) is 7.21. The molecule has 1 amide bonds. The lowest BCUT2D eigenvalue weighted by molar-refractivity contribution is -0.132. The van der Waals surface area contributed by atoms with Gasteiger partial charge in [-0.2, -0.15) is 0 Å². The molecule has 0 bridgehead atoms. The van der Waals surface area contributed by atoms with E-state index in [1.54, 1.807) is 72.8 Å². The fraction of sp³-hybridized carbons (Fsp3) is 0.154. The molecule has 1 heterocycles. The zero-order chi connectivity index (χ0) is 22.7. The van der Waals surface area contributed by atoms with Gasteiger partial charge in [-0.25, -0.2) is 0 Å². The highest BCUT2D eigenvalue weighted by Gasteiger charge is 2.47. The maximum absolute atomic E-state index is 13.2. The Kier molecular flexibility index (Phi) is 5.94. The monoisotopic (exact) mass is 429 g/mol. The molecule has 0 aliphatic carbocycles. The number of ketones is 1. The molecule has 0 aromatic heterocycles. The number of aliphatic hydroxyl groups excluding tert-OH is 1. The van der Waals surface area contributed by atoms with E-state index in [2.05, 4.69) is 0 Å². The number of hydrogen-bond donors (Lipinski definition) is 1. The smallest absolute Gasteiger partial charge is 0.300 e. The molecule has 162 valence electrons. The lowest BCUT2D eigenvalue weighted by Gasteiger charge is -2.25. The van der Waals surface area contributed by atoms with Crippen LogP contribution in [0, 0.1) is 0 Å². The zero-order valence-electron chi connectivity index (χ0n) is 17.8. The Balaban J connectivity index is 1.92. The Morgan fingerprint density at radius 3 is 2.25 bits per heavy atom. The molecular formula is C26H23NO5. The molecule has 6 nitrogen and oxygen atoms in total. The Bertz CT molecular complexity index is 1170. The number of anilines is 1. The second kappa shape index (κ2) is 8.98. The number of carbonyl (C=O) groups excluding carboxylic acids is 2. The van der Waals surface area contributed by atoms with Crippen LogP contribution in [-0.2, 0) is 9.59 Å². The summed E-state index contributed by atoms with van der Waals surface area (Å²) in [4.78, 5) is 27.7. The minimum atomic E-state index is -0.807. The standard InChI is InChI=1S/C26H23NO5/c1-3-32-19-15-13-17(14-16-19)23-22(24(28)20-11-7-8-12-21(20)31-2)25(29)26(30)27(23)18-9-5-4-6-10-18/h4-16,23,28H,3H2,1-2H3/b24-22-. The van der Waals surface area contributed by atoms with Crippen molar-refractivity contribution < 1.29 is 24.2 Å². The van der Waals surface area contributed by atoms with Crippen molar-refractivity contribution in [2.45, 2.75) is 13.0 Å². The summed E-state index contributed by atoms with van der Waals surface area (Å²) in [5.74, 6) is -0.653. The molecule has 3 aromatic rings. The van der Waals surface area contributed by atoms with Gasteiger partial charge < -0.3 is 14.6 Å². The van der Waals surface area contributed by atoms with Gasteiger partial charge in [0.25, 0.3) is 11.7 Å². The molecule has 6 heteroatoms. The minimum absolute atomic E-state index is 0.00696. The van der Waals surface area contributed by atoms with Gasteiger partial charge >= 0.3 is 0 Å². The SMILES string of the molecule is CCOc1ccc(C2/C(=C(/O)c3ccccc3OC)C(=O)C(=O)N2c2ccccc2)cc1. The summed E-state index contributed by atoms with van der Waals surface area (Å²) >= 11 is 0. The van der Waals surface area contributed by atoms with Gasteiger partial charge in [-0.05, 0) is 48.9 Å². The Morgan fingerprint density at radius 2 is 1.59 bits per heavy atom. The third-order valence-electron chi connectivity index (χ3n) is 5.35. The molecule has 1 fully saturated rings. The van der Waals surface area contributed by atoms with Crippen LogP contribution in [0.15, 0.2) is 84.4 Å². The molecule has 3 aromatic carbocycles. The van der Waals surface area contributed by atoms with Gasteiger partial charge in [-0.1, -0.05) is 42.5 Å². The van der Waals surface area contributed by atoms with Gasteiger partial charge in [0.15, 0.2) is 0 Å². The van der Waals surface area contributed by atoms with Crippen molar-refractivity contribution in [2.24, 2.45) is 0 Å². The minimum Gasteiger partial charge on any atom is -0.507 e. The van der Waals surface area contributed by atoms with E-state index in [-0.39, 0.29) is 11.3 Å². The Morgan fingerprint density at radius 1 is 0.938 bits per heavy atom. The summed E-state index contributed by atoms with van der Waals surface area (Å²) in [6.07, 6.45) is 0. The fourth-order valence-electron chi connectivity index (χ4n) is 3.90. The van der Waals surface area contributed by atoms with Crippen LogP contribution in [-0.4, -0.2) is 30.5 Å². The topological polar surface area (TPSA) is 76.1 Å². The predicted octanol–water partition coefficient (Wildman–Crippen LogP) is 4.72. The molecule has 1 aliphatic heterocycles. The van der Waals surface area contributed by atoms with Gasteiger partial charge in [0, 0.05) is 5.69 Å². The fourth-order valence-corrected chi connectivity index (χ4v) is 3.90. The van der Waals surface area contributed by atoms with Crippen LogP contribution in [0.2, 0.25) is 0 Å². The number of nitrogens with zero attached hydrogens (tertiary/aromatic N) is 1. The number of para-hydroxylation sites is 2. The molecule has 0 spiro atoms. The summed E-state index contributed by atoms with van der Waals surface area (Å²) in [7, 11) is 1.48. The molecule has 32 heavy (non-hydrogen) atoms. The normalized spacial score (nSPS) is 17.4. The molecular weight excluding hydrogens is 406 g/mol. The molecule has 1 saturated heterocycles. The van der Waals surface area contributed by atoms with Crippen LogP contribution >= 0.6 is 0 Å². The van der Waals surface area contributed by atoms with Crippen LogP contribution in [0.3, 0.4) is 0 Å². The average Bonchev–Trinajstić information content (AvgIpc) is 3.10. The highest BCUT2D eigenvalue weighted by molar-refractivity contribution is 6.51. The molecule has 1 aliphatic rings. The quantitative estimate of drug-likeness (QED) is 0.349. The van der Waals surface area contributed by atoms with Gasteiger partial charge in [-0.3, -0.25) is 14.5 Å². The van der Waals surface area contributed by atoms with Crippen LogP contribution < -0.4 is 14.4 Å². The molecule has 4 rings (SSSR count). The van der Waals surface area contributed by atoms with E-state index in [0.29, 0.717) is 34.9 Å². The predicted molar refractivity (Wildman–Crippen MR) is 122 cm³/mol. The first-order valence-corrected chi connectivity index (χ1v) is 10.3. The van der Waals surface area contributed by atoms with Crippen molar-refractivity contribution in [3.63, 3.8) is 0 Å². The van der Waals surface area contributed by atoms with E-state index < -0.39 is 17.7 Å². The lowest BCUT2D eigenvalue weighted by Crippen LogP contribution is -2.29. The van der Waals surface area contributed by atoms with Crippen molar-refractivity contribution in [3.8, 4) is 11.5 Å². The van der Waals surface area contributed by atoms with Gasteiger partial charge in [0.05, 0.1) is 30.9 Å². The summed E-state index contributed by atoms with van der Waals surface area (Å²) in [6.45, 7) is 2.42. The maximum Gasteiger partial charge on any atom is 0.300 e. The van der Waals surface area contributed by atoms with E-state index in [4.69, 9.17) is 9.47 Å². The number of methoxy groups -OCH3 is 1. The van der Waals surface area contributed by atoms with E-state index in [0.717, 1.165) is 0 Å². The van der Waals surface area contributed by atoms with Gasteiger partial charge in [0.2, 0.25) is 0 Å². The number of ether oxygens (including phenoxy) is 2. The lowest BCUT2D eigenvalue weighted by atomic mass is 9.94. The van der Waals surface area contributed by atoms with Crippen molar-refractivity contribution >= 4 is 23.1 Å². The van der Waals surface area contributed by atoms with Crippen LogP contribution in [0.1, 0.15) is 24.1 Å². The van der Waals surface area contributed by atoms with Crippen LogP contribution in [0.4, 0.5) is 5.69 Å². The third kappa shape index (κ3) is 3.71. The molecule has 1 unspecified atom stereocenters. The molecule has 1 N–H and O–H groups in total. The molecule has 1 atom stereocenters. The highest BCUT2D eigenvalue weighted by Crippen LogP contribution is 2.43. The van der Waals surface area contributed by atoms with Crippen molar-refractivity contribution in [1.29, 1.82) is 0 Å². The number of hydrogen-bond acceptors (Lipinski definition) is 5. The van der Waals surface area contributed by atoms with Crippen LogP contribution in [0.5, 0.6) is 11.5 Å². The van der Waals surface area contributed by atoms with E-state index in [1.165, 1.54) is 12.0 Å². The Labute approximate surface area is 186 Å². The van der Waals surface area contributed by atoms with E-state index in [9.17, 15) is 14.7 Å². The summed E-state index contributed by atoms with van der Waals surface area (Å²) < 4.78 is 10.9. The average molecular weight is 429 g/mol. The number of rotatable bonds is 6. The van der Waals surface area contributed by atoms with E-state index >= 15 is 0 Å². The van der Waals surface area contributed by atoms with Gasteiger partial charge in [0.1, 0.15) is 17.3 Å². The summed E-state index contributed by atoms with van der Waals surface area (Å²) in [5, 5.41) is 11.2.